The van der Waals surface area contributed by atoms with Crippen molar-refractivity contribution in [1.82, 2.24) is 10.9 Å². The van der Waals surface area contributed by atoms with Crippen molar-refractivity contribution in [3.05, 3.63) is 69.1 Å². The van der Waals surface area contributed by atoms with Gasteiger partial charge >= 0.3 is 0 Å². The van der Waals surface area contributed by atoms with Crippen molar-refractivity contribution in [3.63, 3.8) is 0 Å². The second-order valence-electron chi connectivity index (χ2n) is 6.38. The van der Waals surface area contributed by atoms with Crippen molar-refractivity contribution in [1.29, 1.82) is 0 Å². The molecule has 0 atom stereocenters. The Labute approximate surface area is 191 Å². The van der Waals surface area contributed by atoms with Gasteiger partial charge in [-0.25, -0.2) is 0 Å². The molecule has 3 rings (SSSR count). The maximum absolute atomic E-state index is 12.5. The van der Waals surface area contributed by atoms with Crippen LogP contribution < -0.4 is 20.3 Å². The van der Waals surface area contributed by atoms with Gasteiger partial charge in [-0.05, 0) is 57.4 Å². The second-order valence-corrected chi connectivity index (χ2v) is 8.09. The summed E-state index contributed by atoms with van der Waals surface area (Å²) in [6.45, 7) is 2.21. The van der Waals surface area contributed by atoms with Crippen molar-refractivity contribution in [3.8, 4) is 11.5 Å². The van der Waals surface area contributed by atoms with E-state index in [2.05, 4.69) is 42.7 Å². The minimum atomic E-state index is -0.491. The van der Waals surface area contributed by atoms with Crippen LogP contribution in [0.2, 0.25) is 0 Å². The summed E-state index contributed by atoms with van der Waals surface area (Å²) in [5, 5.41) is 2.04. The van der Waals surface area contributed by atoms with E-state index in [1.165, 1.54) is 0 Å². The van der Waals surface area contributed by atoms with E-state index in [1.54, 1.807) is 24.3 Å². The number of benzene rings is 3. The molecule has 0 saturated heterocycles. The first-order chi connectivity index (χ1) is 14.5. The molecule has 0 aliphatic heterocycles. The van der Waals surface area contributed by atoms with Gasteiger partial charge in [-0.15, -0.1) is 0 Å². The van der Waals surface area contributed by atoms with E-state index in [0.29, 0.717) is 23.7 Å². The first kappa shape index (κ1) is 22.1. The van der Waals surface area contributed by atoms with Crippen LogP contribution in [0, 0.1) is 0 Å². The number of fused-ring (bicyclic) bond motifs is 1. The van der Waals surface area contributed by atoms with E-state index < -0.39 is 11.8 Å². The summed E-state index contributed by atoms with van der Waals surface area (Å²) >= 11 is 6.86. The number of nitrogens with one attached hydrogen (secondary N) is 2. The summed E-state index contributed by atoms with van der Waals surface area (Å²) in [5.74, 6) is 0.0117. The molecule has 0 unspecified atom stereocenters. The molecule has 0 heterocycles. The molecule has 3 aromatic rings. The van der Waals surface area contributed by atoms with E-state index in [-0.39, 0.29) is 6.61 Å². The number of amides is 2. The van der Waals surface area contributed by atoms with Gasteiger partial charge in [-0.2, -0.15) is 0 Å². The van der Waals surface area contributed by atoms with Gasteiger partial charge < -0.3 is 9.47 Å². The van der Waals surface area contributed by atoms with Gasteiger partial charge in [0.2, 0.25) is 0 Å². The highest BCUT2D eigenvalue weighted by atomic mass is 79.9. The van der Waals surface area contributed by atoms with Gasteiger partial charge in [0.1, 0.15) is 11.5 Å². The van der Waals surface area contributed by atoms with Gasteiger partial charge in [-0.1, -0.05) is 53.2 Å². The fourth-order valence-corrected chi connectivity index (χ4v) is 3.68. The third kappa shape index (κ3) is 5.52. The first-order valence-electron chi connectivity index (χ1n) is 9.31. The third-order valence-corrected chi connectivity index (χ3v) is 5.46. The number of carbonyl (C=O) groups excluding carboxylic acids is 2. The quantitative estimate of drug-likeness (QED) is 0.418. The van der Waals surface area contributed by atoms with Crippen LogP contribution >= 0.6 is 31.9 Å². The minimum Gasteiger partial charge on any atom is -0.493 e. The zero-order chi connectivity index (χ0) is 21.5. The number of halogens is 2. The second kappa shape index (κ2) is 10.4. The number of hydrazine groups is 1. The van der Waals surface area contributed by atoms with Gasteiger partial charge in [0, 0.05) is 4.47 Å². The summed E-state index contributed by atoms with van der Waals surface area (Å²) < 4.78 is 12.7. The van der Waals surface area contributed by atoms with Crippen LogP contribution in [-0.4, -0.2) is 25.0 Å². The molecule has 2 N–H and O–H groups in total. The topological polar surface area (TPSA) is 76.7 Å². The van der Waals surface area contributed by atoms with Crippen molar-refractivity contribution in [2.24, 2.45) is 0 Å². The Morgan fingerprint density at radius 1 is 0.933 bits per heavy atom. The van der Waals surface area contributed by atoms with Crippen LogP contribution in [0.4, 0.5) is 0 Å². The number of carbonyl (C=O) groups is 2. The van der Waals surface area contributed by atoms with Crippen LogP contribution in [0.15, 0.2) is 63.5 Å². The van der Waals surface area contributed by atoms with E-state index in [1.807, 2.05) is 37.3 Å². The van der Waals surface area contributed by atoms with Crippen LogP contribution in [-0.2, 0) is 4.79 Å². The molecule has 0 aliphatic rings. The normalized spacial score (nSPS) is 10.5. The summed E-state index contributed by atoms with van der Waals surface area (Å²) in [5.41, 5.74) is 5.07. The van der Waals surface area contributed by atoms with E-state index in [4.69, 9.17) is 9.47 Å². The smallest absolute Gasteiger partial charge is 0.276 e. The Morgan fingerprint density at radius 2 is 1.70 bits per heavy atom. The molecule has 0 fully saturated rings. The summed E-state index contributed by atoms with van der Waals surface area (Å²) in [7, 11) is 0. The lowest BCUT2D eigenvalue weighted by Gasteiger charge is -2.13. The molecule has 8 heteroatoms. The lowest BCUT2D eigenvalue weighted by atomic mass is 10.1. The Hall–Kier alpha value is -2.58. The number of rotatable bonds is 7. The highest BCUT2D eigenvalue weighted by Crippen LogP contribution is 2.33. The molecule has 3 aromatic carbocycles. The summed E-state index contributed by atoms with van der Waals surface area (Å²) in [6, 6.07) is 16.7. The Morgan fingerprint density at radius 3 is 2.50 bits per heavy atom. The maximum atomic E-state index is 12.5. The van der Waals surface area contributed by atoms with Gasteiger partial charge in [-0.3, -0.25) is 20.4 Å². The monoisotopic (exact) mass is 534 g/mol. The number of ether oxygens (including phenoxy) is 2. The molecule has 156 valence electrons. The molecule has 0 spiro atoms. The molecular weight excluding hydrogens is 516 g/mol. The molecule has 0 saturated carbocycles. The predicted molar refractivity (Wildman–Crippen MR) is 123 cm³/mol. The van der Waals surface area contributed by atoms with Crippen molar-refractivity contribution < 1.29 is 19.1 Å². The summed E-state index contributed by atoms with van der Waals surface area (Å²) in [4.78, 5) is 24.6. The van der Waals surface area contributed by atoms with Crippen molar-refractivity contribution >= 4 is 54.4 Å². The van der Waals surface area contributed by atoms with Crippen LogP contribution in [0.25, 0.3) is 10.8 Å². The third-order valence-electron chi connectivity index (χ3n) is 4.15. The highest BCUT2D eigenvalue weighted by molar-refractivity contribution is 9.11. The zero-order valence-electron chi connectivity index (χ0n) is 16.2. The SMILES string of the molecule is CCCOc1ccc(Br)cc1C(=O)NNC(=O)COc1ccc2ccccc2c1Br. The molecule has 6 nitrogen and oxygen atoms in total. The fraction of sp³-hybridized carbons (Fsp3) is 0.182. The average molecular weight is 536 g/mol. The number of hydrogen-bond donors (Lipinski definition) is 2. The predicted octanol–water partition coefficient (Wildman–Crippen LogP) is 4.99. The van der Waals surface area contributed by atoms with Crippen LogP contribution in [0.5, 0.6) is 11.5 Å². The van der Waals surface area contributed by atoms with Crippen LogP contribution in [0.1, 0.15) is 23.7 Å². The van der Waals surface area contributed by atoms with Gasteiger partial charge in [0.05, 0.1) is 16.6 Å². The Kier molecular flexibility index (Phi) is 7.70. The van der Waals surface area contributed by atoms with Gasteiger partial charge in [0.25, 0.3) is 11.8 Å². The largest absolute Gasteiger partial charge is 0.493 e. The van der Waals surface area contributed by atoms with Gasteiger partial charge in [0.15, 0.2) is 6.61 Å². The van der Waals surface area contributed by atoms with Crippen molar-refractivity contribution in [2.45, 2.75) is 13.3 Å². The van der Waals surface area contributed by atoms with Crippen LogP contribution in [0.3, 0.4) is 0 Å². The van der Waals surface area contributed by atoms with E-state index in [9.17, 15) is 9.59 Å². The Bertz CT molecular complexity index is 1070. The Balaban J connectivity index is 1.58. The molecule has 30 heavy (non-hydrogen) atoms. The lowest BCUT2D eigenvalue weighted by molar-refractivity contribution is -0.123. The average Bonchev–Trinajstić information content (AvgIpc) is 2.76. The molecular formula is C22H20Br2N2O4. The standard InChI is InChI=1S/C22H20Br2N2O4/c1-2-11-29-18-10-8-15(23)12-17(18)22(28)26-25-20(27)13-30-19-9-7-14-5-3-4-6-16(14)21(19)24/h3-10,12H,2,11,13H2,1H3,(H,25,27)(H,26,28). The molecule has 0 bridgehead atoms. The van der Waals surface area contributed by atoms with E-state index >= 15 is 0 Å². The molecule has 2 amide bonds. The zero-order valence-corrected chi connectivity index (χ0v) is 19.4. The number of hydrogen-bond acceptors (Lipinski definition) is 4. The van der Waals surface area contributed by atoms with E-state index in [0.717, 1.165) is 26.1 Å². The first-order valence-corrected chi connectivity index (χ1v) is 10.9. The lowest BCUT2D eigenvalue weighted by Crippen LogP contribution is -2.44. The summed E-state index contributed by atoms with van der Waals surface area (Å²) in [6.07, 6.45) is 0.815. The minimum absolute atomic E-state index is 0.255. The fourth-order valence-electron chi connectivity index (χ4n) is 2.72. The highest BCUT2D eigenvalue weighted by Gasteiger charge is 2.15. The molecule has 0 radical (unpaired) electrons. The van der Waals surface area contributed by atoms with Crippen molar-refractivity contribution in [2.75, 3.05) is 13.2 Å². The maximum Gasteiger partial charge on any atom is 0.276 e. The molecule has 0 aromatic heterocycles. The molecule has 0 aliphatic carbocycles.